The molecule has 2 fully saturated rings. The van der Waals surface area contributed by atoms with E-state index in [1.165, 1.54) is 0 Å². The Morgan fingerprint density at radius 2 is 2.12 bits per heavy atom. The number of rotatable bonds is 3. The zero-order chi connectivity index (χ0) is 18.1. The first kappa shape index (κ1) is 16.5. The summed E-state index contributed by atoms with van der Waals surface area (Å²) in [5.74, 6) is 0. The van der Waals surface area contributed by atoms with Crippen LogP contribution in [0.25, 0.3) is 0 Å². The Morgan fingerprint density at radius 1 is 1.23 bits per heavy atom. The summed E-state index contributed by atoms with van der Waals surface area (Å²) < 4.78 is 7.04. The number of ether oxygens (including phenoxy) is 1. The quantitative estimate of drug-likeness (QED) is 0.919. The van der Waals surface area contributed by atoms with Gasteiger partial charge in [-0.2, -0.15) is 0 Å². The second-order valence-corrected chi connectivity index (χ2v) is 6.64. The molecule has 2 aromatic rings. The number of urea groups is 1. The summed E-state index contributed by atoms with van der Waals surface area (Å²) in [5, 5.41) is 2.97. The van der Waals surface area contributed by atoms with Crippen molar-refractivity contribution >= 4 is 23.5 Å². The van der Waals surface area contributed by atoms with Crippen molar-refractivity contribution in [2.24, 2.45) is 7.05 Å². The monoisotopic (exact) mass is 354 g/mol. The molecule has 1 aromatic carbocycles. The molecule has 0 spiro atoms. The SMILES string of the molecule is Cn1cccc1[C@H]1CCCN1C(=O)Nc1cccc(N2CCOC2=O)c1. The molecule has 26 heavy (non-hydrogen) atoms. The molecule has 0 unspecified atom stereocenters. The first-order valence-electron chi connectivity index (χ1n) is 8.87. The van der Waals surface area contributed by atoms with E-state index in [1.54, 1.807) is 11.0 Å². The molecule has 1 atom stereocenters. The number of anilines is 2. The van der Waals surface area contributed by atoms with Crippen LogP contribution < -0.4 is 10.2 Å². The van der Waals surface area contributed by atoms with Crippen LogP contribution in [0, 0.1) is 0 Å². The van der Waals surface area contributed by atoms with Crippen LogP contribution >= 0.6 is 0 Å². The lowest BCUT2D eigenvalue weighted by atomic mass is 10.1. The van der Waals surface area contributed by atoms with Crippen molar-refractivity contribution in [2.45, 2.75) is 18.9 Å². The zero-order valence-electron chi connectivity index (χ0n) is 14.7. The van der Waals surface area contributed by atoms with Gasteiger partial charge >= 0.3 is 12.1 Å². The number of benzene rings is 1. The summed E-state index contributed by atoms with van der Waals surface area (Å²) in [6.45, 7) is 1.65. The van der Waals surface area contributed by atoms with Crippen LogP contribution in [0.3, 0.4) is 0 Å². The third-order valence-corrected chi connectivity index (χ3v) is 5.01. The lowest BCUT2D eigenvalue weighted by Gasteiger charge is -2.26. The van der Waals surface area contributed by atoms with Gasteiger partial charge in [0.2, 0.25) is 0 Å². The third kappa shape index (κ3) is 3.00. The highest BCUT2D eigenvalue weighted by Crippen LogP contribution is 2.32. The van der Waals surface area contributed by atoms with Crippen LogP contribution in [-0.2, 0) is 11.8 Å². The molecular formula is C19H22N4O3. The van der Waals surface area contributed by atoms with Crippen LogP contribution in [0.5, 0.6) is 0 Å². The number of nitrogens with zero attached hydrogens (tertiary/aromatic N) is 3. The number of hydrogen-bond acceptors (Lipinski definition) is 3. The van der Waals surface area contributed by atoms with E-state index in [9.17, 15) is 9.59 Å². The van der Waals surface area contributed by atoms with E-state index in [-0.39, 0.29) is 18.2 Å². The van der Waals surface area contributed by atoms with Gasteiger partial charge in [-0.05, 0) is 43.2 Å². The van der Waals surface area contributed by atoms with Crippen LogP contribution in [0.2, 0.25) is 0 Å². The van der Waals surface area contributed by atoms with Crippen molar-refractivity contribution in [2.75, 3.05) is 29.9 Å². The number of nitrogens with one attached hydrogen (secondary N) is 1. The summed E-state index contributed by atoms with van der Waals surface area (Å²) in [5.41, 5.74) is 2.54. The number of amides is 3. The Kier molecular flexibility index (Phi) is 4.28. The molecule has 7 heteroatoms. The van der Waals surface area contributed by atoms with E-state index in [0.29, 0.717) is 18.8 Å². The standard InChI is InChI=1S/C19H22N4O3/c1-21-9-3-7-16(21)17-8-4-10-23(17)18(24)20-14-5-2-6-15(13-14)22-11-12-26-19(22)25/h2-3,5-7,9,13,17H,4,8,10-12H2,1H3,(H,20,24)/t17-/m1/s1. The third-order valence-electron chi connectivity index (χ3n) is 5.01. The smallest absolute Gasteiger partial charge is 0.414 e. The van der Waals surface area contributed by atoms with Crippen LogP contribution in [0.1, 0.15) is 24.6 Å². The Labute approximate surface area is 152 Å². The normalized spacial score (nSPS) is 19.7. The number of hydrogen-bond donors (Lipinski definition) is 1. The minimum atomic E-state index is -0.350. The fourth-order valence-electron chi connectivity index (χ4n) is 3.71. The van der Waals surface area contributed by atoms with E-state index < -0.39 is 0 Å². The van der Waals surface area contributed by atoms with Gasteiger partial charge in [0, 0.05) is 36.9 Å². The molecule has 136 valence electrons. The van der Waals surface area contributed by atoms with Crippen molar-refractivity contribution < 1.29 is 14.3 Å². The predicted octanol–water partition coefficient (Wildman–Crippen LogP) is 3.35. The second-order valence-electron chi connectivity index (χ2n) is 6.64. The molecule has 2 aliphatic rings. The van der Waals surface area contributed by atoms with Gasteiger partial charge in [0.15, 0.2) is 0 Å². The fourth-order valence-corrected chi connectivity index (χ4v) is 3.71. The maximum atomic E-state index is 12.8. The highest BCUT2D eigenvalue weighted by atomic mass is 16.6. The fraction of sp³-hybridized carbons (Fsp3) is 0.368. The second kappa shape index (κ2) is 6.74. The molecule has 3 heterocycles. The maximum Gasteiger partial charge on any atom is 0.414 e. The molecule has 0 radical (unpaired) electrons. The molecule has 2 aliphatic heterocycles. The number of carbonyl (C=O) groups excluding carboxylic acids is 2. The van der Waals surface area contributed by atoms with Crippen molar-refractivity contribution in [3.63, 3.8) is 0 Å². The lowest BCUT2D eigenvalue weighted by molar-refractivity contribution is 0.181. The van der Waals surface area contributed by atoms with Crippen molar-refractivity contribution in [3.05, 3.63) is 48.3 Å². The van der Waals surface area contributed by atoms with Gasteiger partial charge < -0.3 is 19.5 Å². The highest BCUT2D eigenvalue weighted by Gasteiger charge is 2.31. The Balaban J connectivity index is 1.49. The van der Waals surface area contributed by atoms with E-state index in [4.69, 9.17) is 4.74 Å². The first-order chi connectivity index (χ1) is 12.6. The van der Waals surface area contributed by atoms with Crippen LogP contribution in [-0.4, -0.2) is 41.3 Å². The molecule has 2 saturated heterocycles. The number of carbonyl (C=O) groups is 2. The topological polar surface area (TPSA) is 66.8 Å². The van der Waals surface area contributed by atoms with Gasteiger partial charge in [-0.25, -0.2) is 9.59 Å². The number of cyclic esters (lactones) is 1. The Bertz CT molecular complexity index is 832. The molecule has 0 bridgehead atoms. The van der Waals surface area contributed by atoms with Gasteiger partial charge in [0.05, 0.1) is 12.6 Å². The summed E-state index contributed by atoms with van der Waals surface area (Å²) >= 11 is 0. The van der Waals surface area contributed by atoms with Crippen LogP contribution in [0.15, 0.2) is 42.6 Å². The summed E-state index contributed by atoms with van der Waals surface area (Å²) in [6, 6.07) is 11.3. The molecule has 7 nitrogen and oxygen atoms in total. The van der Waals surface area contributed by atoms with Gasteiger partial charge in [-0.1, -0.05) is 6.07 Å². The number of aryl methyl sites for hydroxylation is 1. The van der Waals surface area contributed by atoms with Crippen molar-refractivity contribution in [1.82, 2.24) is 9.47 Å². The average Bonchev–Trinajstić information content (AvgIpc) is 3.35. The van der Waals surface area contributed by atoms with E-state index >= 15 is 0 Å². The molecule has 0 aliphatic carbocycles. The minimum Gasteiger partial charge on any atom is -0.447 e. The number of aromatic nitrogens is 1. The first-order valence-corrected chi connectivity index (χ1v) is 8.87. The van der Waals surface area contributed by atoms with E-state index in [0.717, 1.165) is 30.8 Å². The minimum absolute atomic E-state index is 0.0896. The molecule has 0 saturated carbocycles. The van der Waals surface area contributed by atoms with Gasteiger partial charge in [0.25, 0.3) is 0 Å². The van der Waals surface area contributed by atoms with E-state index in [2.05, 4.69) is 16.0 Å². The van der Waals surface area contributed by atoms with Gasteiger partial charge in [-0.15, -0.1) is 0 Å². The summed E-state index contributed by atoms with van der Waals surface area (Å²) in [4.78, 5) is 28.0. The highest BCUT2D eigenvalue weighted by molar-refractivity contribution is 5.93. The van der Waals surface area contributed by atoms with Crippen molar-refractivity contribution in [1.29, 1.82) is 0 Å². The van der Waals surface area contributed by atoms with Gasteiger partial charge in [0.1, 0.15) is 6.61 Å². The number of likely N-dealkylation sites (tertiary alicyclic amines) is 1. The summed E-state index contributed by atoms with van der Waals surface area (Å²) in [6.07, 6.45) is 3.60. The largest absolute Gasteiger partial charge is 0.447 e. The maximum absolute atomic E-state index is 12.8. The molecule has 3 amide bonds. The summed E-state index contributed by atoms with van der Waals surface area (Å²) in [7, 11) is 2.00. The average molecular weight is 354 g/mol. The molecule has 1 N–H and O–H groups in total. The predicted molar refractivity (Wildman–Crippen MR) is 98.2 cm³/mol. The van der Waals surface area contributed by atoms with Gasteiger partial charge in [-0.3, -0.25) is 4.90 Å². The molecule has 4 rings (SSSR count). The zero-order valence-corrected chi connectivity index (χ0v) is 14.7. The molecule has 1 aromatic heterocycles. The lowest BCUT2D eigenvalue weighted by Crippen LogP contribution is -2.35. The Hall–Kier alpha value is -2.96. The van der Waals surface area contributed by atoms with Crippen LogP contribution in [0.4, 0.5) is 21.0 Å². The molecular weight excluding hydrogens is 332 g/mol. The van der Waals surface area contributed by atoms with E-state index in [1.807, 2.05) is 42.4 Å². The van der Waals surface area contributed by atoms with Crippen molar-refractivity contribution in [3.8, 4) is 0 Å². The Morgan fingerprint density at radius 3 is 2.85 bits per heavy atom.